The van der Waals surface area contributed by atoms with Crippen LogP contribution < -0.4 is 0 Å². The van der Waals surface area contributed by atoms with Gasteiger partial charge >= 0.3 is 0 Å². The number of ketones is 1. The first kappa shape index (κ1) is 24.0. The molecule has 3 heteroatoms. The van der Waals surface area contributed by atoms with Crippen molar-refractivity contribution in [3.63, 3.8) is 0 Å². The van der Waals surface area contributed by atoms with E-state index in [-0.39, 0.29) is 18.2 Å². The van der Waals surface area contributed by atoms with Crippen LogP contribution in [0.15, 0.2) is 54.6 Å². The summed E-state index contributed by atoms with van der Waals surface area (Å²) < 4.78 is 0. The summed E-state index contributed by atoms with van der Waals surface area (Å²) in [5, 5.41) is 0. The molecule has 2 atom stereocenters. The summed E-state index contributed by atoms with van der Waals surface area (Å²) in [6, 6.07) is 18.7. The maximum Gasteiger partial charge on any atom is 0.193 e. The Morgan fingerprint density at radius 3 is 2.39 bits per heavy atom. The second kappa shape index (κ2) is 11.8. The van der Waals surface area contributed by atoms with Gasteiger partial charge in [0.05, 0.1) is 0 Å². The normalized spacial score (nSPS) is 21.3. The molecule has 1 aliphatic carbocycles. The molecule has 0 aromatic heterocycles. The van der Waals surface area contributed by atoms with Crippen molar-refractivity contribution < 1.29 is 4.79 Å². The number of rotatable bonds is 7. The van der Waals surface area contributed by atoms with Crippen molar-refractivity contribution in [3.05, 3.63) is 71.3 Å². The molecule has 2 aromatic rings. The Morgan fingerprint density at radius 1 is 0.903 bits per heavy atom. The molecule has 2 aliphatic rings. The quantitative estimate of drug-likeness (QED) is 0.423. The van der Waals surface area contributed by atoms with Crippen LogP contribution in [-0.2, 0) is 0 Å². The molecule has 0 amide bonds. The predicted molar refractivity (Wildman–Crippen MR) is 132 cm³/mol. The molecule has 1 saturated carbocycles. The SMILES string of the molecule is CC(CN1CCCCC1CC1CCCCC1)c1cccc(C(=O)c2ccccc2)c1.Cl. The molecule has 2 fully saturated rings. The number of piperidine rings is 1. The lowest BCUT2D eigenvalue weighted by atomic mass is 9.82. The third-order valence-electron chi connectivity index (χ3n) is 7.34. The molecule has 0 N–H and O–H groups in total. The van der Waals surface area contributed by atoms with Crippen molar-refractivity contribution in [2.75, 3.05) is 13.1 Å². The number of halogens is 1. The highest BCUT2D eigenvalue weighted by atomic mass is 35.5. The van der Waals surface area contributed by atoms with Crippen molar-refractivity contribution in [1.29, 1.82) is 0 Å². The average Bonchev–Trinajstić information content (AvgIpc) is 2.81. The number of hydrogen-bond donors (Lipinski definition) is 0. The van der Waals surface area contributed by atoms with Gasteiger partial charge in [-0.1, -0.05) is 94.0 Å². The van der Waals surface area contributed by atoms with Gasteiger partial charge in [-0.15, -0.1) is 12.4 Å². The average molecular weight is 440 g/mol. The Bertz CT molecular complexity index is 815. The highest BCUT2D eigenvalue weighted by Crippen LogP contribution is 2.32. The Hall–Kier alpha value is -1.64. The van der Waals surface area contributed by atoms with Crippen LogP contribution >= 0.6 is 12.4 Å². The van der Waals surface area contributed by atoms with Gasteiger partial charge in [-0.2, -0.15) is 0 Å². The van der Waals surface area contributed by atoms with E-state index in [0.717, 1.165) is 29.6 Å². The first-order chi connectivity index (χ1) is 14.7. The minimum Gasteiger partial charge on any atom is -0.300 e. The van der Waals surface area contributed by atoms with E-state index < -0.39 is 0 Å². The van der Waals surface area contributed by atoms with Gasteiger partial charge in [-0.3, -0.25) is 9.69 Å². The first-order valence-corrected chi connectivity index (χ1v) is 12.1. The summed E-state index contributed by atoms with van der Waals surface area (Å²) in [5.41, 5.74) is 2.87. The van der Waals surface area contributed by atoms with Crippen molar-refractivity contribution in [1.82, 2.24) is 4.90 Å². The lowest BCUT2D eigenvalue weighted by molar-refractivity contribution is 0.103. The summed E-state index contributed by atoms with van der Waals surface area (Å²) in [6.07, 6.45) is 12.7. The molecule has 1 aliphatic heterocycles. The van der Waals surface area contributed by atoms with E-state index in [2.05, 4.69) is 30.0 Å². The molecular formula is C28H38ClNO. The molecular weight excluding hydrogens is 402 g/mol. The molecule has 2 unspecified atom stereocenters. The van der Waals surface area contributed by atoms with Gasteiger partial charge in [0.25, 0.3) is 0 Å². The first-order valence-electron chi connectivity index (χ1n) is 12.1. The van der Waals surface area contributed by atoms with Crippen LogP contribution in [0.4, 0.5) is 0 Å². The van der Waals surface area contributed by atoms with Crippen LogP contribution in [-0.4, -0.2) is 29.8 Å². The summed E-state index contributed by atoms with van der Waals surface area (Å²) in [5.74, 6) is 1.52. The summed E-state index contributed by atoms with van der Waals surface area (Å²) in [7, 11) is 0. The highest BCUT2D eigenvalue weighted by Gasteiger charge is 2.27. The molecule has 31 heavy (non-hydrogen) atoms. The maximum absolute atomic E-state index is 12.9. The topological polar surface area (TPSA) is 20.3 Å². The monoisotopic (exact) mass is 439 g/mol. The number of likely N-dealkylation sites (tertiary alicyclic amines) is 1. The van der Waals surface area contributed by atoms with E-state index in [1.807, 2.05) is 36.4 Å². The fourth-order valence-electron chi connectivity index (χ4n) is 5.57. The zero-order chi connectivity index (χ0) is 20.8. The van der Waals surface area contributed by atoms with E-state index in [4.69, 9.17) is 0 Å². The molecule has 1 saturated heterocycles. The standard InChI is InChI=1S/C28H37NO.ClH/c1-22(21-29-18-9-8-17-27(29)19-23-11-4-2-5-12-23)25-15-10-16-26(20-25)28(30)24-13-6-3-7-14-24;/h3,6-7,10,13-16,20,22-23,27H,2,4-5,8-9,11-12,17-19,21H2,1H3;1H. The molecule has 0 radical (unpaired) electrons. The number of benzene rings is 2. The fourth-order valence-corrected chi connectivity index (χ4v) is 5.57. The van der Waals surface area contributed by atoms with Gasteiger partial charge in [0.15, 0.2) is 5.78 Å². The third-order valence-corrected chi connectivity index (χ3v) is 7.34. The van der Waals surface area contributed by atoms with Gasteiger partial charge < -0.3 is 0 Å². The molecule has 1 heterocycles. The summed E-state index contributed by atoms with van der Waals surface area (Å²) in [4.78, 5) is 15.6. The lowest BCUT2D eigenvalue weighted by Crippen LogP contribution is -2.42. The molecule has 2 nitrogen and oxygen atoms in total. The van der Waals surface area contributed by atoms with Crippen molar-refractivity contribution >= 4 is 18.2 Å². The summed E-state index contributed by atoms with van der Waals surface area (Å²) in [6.45, 7) is 4.68. The third kappa shape index (κ3) is 6.43. The molecule has 0 bridgehead atoms. The van der Waals surface area contributed by atoms with Crippen LogP contribution in [0.2, 0.25) is 0 Å². The van der Waals surface area contributed by atoms with Crippen molar-refractivity contribution in [2.45, 2.75) is 76.7 Å². The van der Waals surface area contributed by atoms with Gasteiger partial charge in [-0.05, 0) is 49.3 Å². The van der Waals surface area contributed by atoms with E-state index in [1.54, 1.807) is 0 Å². The van der Waals surface area contributed by atoms with Crippen LogP contribution in [0.5, 0.6) is 0 Å². The minimum atomic E-state index is 0. The van der Waals surface area contributed by atoms with Crippen molar-refractivity contribution in [3.8, 4) is 0 Å². The minimum absolute atomic E-state index is 0. The van der Waals surface area contributed by atoms with E-state index in [0.29, 0.717) is 5.92 Å². The van der Waals surface area contributed by atoms with Gasteiger partial charge in [-0.25, -0.2) is 0 Å². The van der Waals surface area contributed by atoms with Gasteiger partial charge in [0.2, 0.25) is 0 Å². The van der Waals surface area contributed by atoms with E-state index >= 15 is 0 Å². The number of hydrogen-bond acceptors (Lipinski definition) is 2. The zero-order valence-corrected chi connectivity index (χ0v) is 19.8. The van der Waals surface area contributed by atoms with Crippen molar-refractivity contribution in [2.24, 2.45) is 5.92 Å². The smallest absolute Gasteiger partial charge is 0.193 e. The van der Waals surface area contributed by atoms with Crippen LogP contribution in [0.25, 0.3) is 0 Å². The number of nitrogens with zero attached hydrogens (tertiary/aromatic N) is 1. The summed E-state index contributed by atoms with van der Waals surface area (Å²) >= 11 is 0. The van der Waals surface area contributed by atoms with E-state index in [1.165, 1.54) is 69.9 Å². The zero-order valence-electron chi connectivity index (χ0n) is 19.0. The molecule has 168 valence electrons. The van der Waals surface area contributed by atoms with Gasteiger partial charge in [0, 0.05) is 23.7 Å². The Kier molecular flexibility index (Phi) is 9.16. The van der Waals surface area contributed by atoms with Crippen LogP contribution in [0.3, 0.4) is 0 Å². The number of carbonyl (C=O) groups is 1. The maximum atomic E-state index is 12.9. The second-order valence-electron chi connectivity index (χ2n) is 9.61. The van der Waals surface area contributed by atoms with Gasteiger partial charge in [0.1, 0.15) is 0 Å². The Labute approximate surface area is 194 Å². The predicted octanol–water partition coefficient (Wildman–Crippen LogP) is 7.27. The molecule has 4 rings (SSSR count). The second-order valence-corrected chi connectivity index (χ2v) is 9.61. The van der Waals surface area contributed by atoms with Crippen LogP contribution in [0, 0.1) is 5.92 Å². The number of carbonyl (C=O) groups excluding carboxylic acids is 1. The fraction of sp³-hybridized carbons (Fsp3) is 0.536. The van der Waals surface area contributed by atoms with Crippen LogP contribution in [0.1, 0.15) is 92.1 Å². The highest BCUT2D eigenvalue weighted by molar-refractivity contribution is 6.09. The molecule has 2 aromatic carbocycles. The largest absolute Gasteiger partial charge is 0.300 e. The van der Waals surface area contributed by atoms with E-state index in [9.17, 15) is 4.79 Å². The lowest BCUT2D eigenvalue weighted by Gasteiger charge is -2.39. The Balaban J connectivity index is 0.00000272. The Morgan fingerprint density at radius 2 is 1.61 bits per heavy atom. The molecule has 0 spiro atoms.